The third-order valence-corrected chi connectivity index (χ3v) is 4.73. The maximum absolute atomic E-state index is 11.1. The van der Waals surface area contributed by atoms with Crippen molar-refractivity contribution in [3.63, 3.8) is 0 Å². The molecule has 0 aliphatic carbocycles. The first-order valence-electron chi connectivity index (χ1n) is 9.77. The van der Waals surface area contributed by atoms with E-state index < -0.39 is 0 Å². The van der Waals surface area contributed by atoms with Gasteiger partial charge in [0.25, 0.3) is 0 Å². The van der Waals surface area contributed by atoms with Crippen LogP contribution in [0.2, 0.25) is 0 Å². The molecule has 2 aromatic rings. The summed E-state index contributed by atoms with van der Waals surface area (Å²) in [4.78, 5) is 22.2. The summed E-state index contributed by atoms with van der Waals surface area (Å²) in [5, 5.41) is 12.1. The molecule has 2 aliphatic rings. The highest BCUT2D eigenvalue weighted by Crippen LogP contribution is 2.04. The quantitative estimate of drug-likeness (QED) is 0.627. The van der Waals surface area contributed by atoms with E-state index in [1.807, 2.05) is 36.4 Å². The number of carbonyl (C=O) groups is 2. The first-order chi connectivity index (χ1) is 13.7. The molecule has 148 valence electrons. The van der Waals surface area contributed by atoms with Crippen LogP contribution >= 0.6 is 0 Å². The van der Waals surface area contributed by atoms with E-state index in [1.165, 1.54) is 11.1 Å². The Morgan fingerprint density at radius 2 is 1.04 bits per heavy atom. The number of amides is 2. The lowest BCUT2D eigenvalue weighted by molar-refractivity contribution is -0.122. The van der Waals surface area contributed by atoms with E-state index in [0.717, 1.165) is 25.9 Å². The average Bonchev–Trinajstić information content (AvgIpc) is 2.70. The third-order valence-electron chi connectivity index (χ3n) is 4.73. The predicted octanol–water partition coefficient (Wildman–Crippen LogP) is 0.634. The van der Waals surface area contributed by atoms with Gasteiger partial charge in [0, 0.05) is 25.2 Å². The van der Waals surface area contributed by atoms with Gasteiger partial charge >= 0.3 is 0 Å². The van der Waals surface area contributed by atoms with Gasteiger partial charge in [0.2, 0.25) is 11.8 Å². The van der Waals surface area contributed by atoms with E-state index >= 15 is 0 Å². The van der Waals surface area contributed by atoms with Gasteiger partial charge in [-0.1, -0.05) is 60.7 Å². The molecular formula is C22H28N4O2. The van der Waals surface area contributed by atoms with E-state index in [4.69, 9.17) is 0 Å². The molecular weight excluding hydrogens is 352 g/mol. The van der Waals surface area contributed by atoms with Crippen LogP contribution in [0.3, 0.4) is 0 Å². The Morgan fingerprint density at radius 3 is 1.39 bits per heavy atom. The number of benzene rings is 2. The van der Waals surface area contributed by atoms with Crippen LogP contribution in [-0.2, 0) is 22.4 Å². The van der Waals surface area contributed by atoms with Gasteiger partial charge in [0.05, 0.1) is 13.1 Å². The molecule has 2 amide bonds. The number of hydrogen-bond acceptors (Lipinski definition) is 4. The van der Waals surface area contributed by atoms with Crippen LogP contribution in [0.15, 0.2) is 60.7 Å². The van der Waals surface area contributed by atoms with Crippen LogP contribution in [0, 0.1) is 0 Å². The number of rotatable bonds is 4. The zero-order valence-electron chi connectivity index (χ0n) is 16.0. The first kappa shape index (κ1) is 20.0. The topological polar surface area (TPSA) is 82.3 Å². The van der Waals surface area contributed by atoms with E-state index in [1.54, 1.807) is 0 Å². The zero-order valence-corrected chi connectivity index (χ0v) is 16.0. The van der Waals surface area contributed by atoms with Crippen molar-refractivity contribution in [1.29, 1.82) is 0 Å². The maximum atomic E-state index is 11.1. The van der Waals surface area contributed by atoms with E-state index in [0.29, 0.717) is 13.1 Å². The van der Waals surface area contributed by atoms with Crippen molar-refractivity contribution >= 4 is 11.8 Å². The Bertz CT molecular complexity index is 686. The monoisotopic (exact) mass is 380 g/mol. The highest BCUT2D eigenvalue weighted by Gasteiger charge is 2.18. The molecule has 2 fully saturated rings. The van der Waals surface area contributed by atoms with Gasteiger partial charge in [-0.3, -0.25) is 9.59 Å². The molecule has 0 bridgehead atoms. The summed E-state index contributed by atoms with van der Waals surface area (Å²) in [6, 6.07) is 20.9. The smallest absolute Gasteiger partial charge is 0.234 e. The minimum atomic E-state index is 0.0946. The minimum absolute atomic E-state index is 0.0946. The molecule has 0 saturated carbocycles. The molecule has 0 spiro atoms. The molecule has 0 radical (unpaired) electrons. The lowest BCUT2D eigenvalue weighted by Crippen LogP contribution is -2.52. The molecule has 4 N–H and O–H groups in total. The average molecular weight is 380 g/mol. The van der Waals surface area contributed by atoms with Gasteiger partial charge in [-0.25, -0.2) is 0 Å². The van der Waals surface area contributed by atoms with Crippen molar-refractivity contribution in [2.75, 3.05) is 26.2 Å². The second-order valence-electron chi connectivity index (χ2n) is 7.17. The second-order valence-corrected chi connectivity index (χ2v) is 7.17. The minimum Gasteiger partial charge on any atom is -0.351 e. The Balaban J connectivity index is 0.000000161. The molecule has 6 nitrogen and oxygen atoms in total. The number of nitrogens with one attached hydrogen (secondary N) is 4. The summed E-state index contributed by atoms with van der Waals surface area (Å²) in [5.74, 6) is 0.189. The van der Waals surface area contributed by atoms with Crippen molar-refractivity contribution in [2.45, 2.75) is 24.9 Å². The largest absolute Gasteiger partial charge is 0.351 e. The van der Waals surface area contributed by atoms with Crippen LogP contribution in [0.4, 0.5) is 0 Å². The van der Waals surface area contributed by atoms with Gasteiger partial charge in [-0.15, -0.1) is 0 Å². The SMILES string of the molecule is O=C1CNC[C@@H](Cc2ccccc2)N1.O=C1CNC[C@H](Cc2ccccc2)N1. The fourth-order valence-electron chi connectivity index (χ4n) is 3.42. The maximum Gasteiger partial charge on any atom is 0.234 e. The van der Waals surface area contributed by atoms with E-state index in [-0.39, 0.29) is 23.9 Å². The summed E-state index contributed by atoms with van der Waals surface area (Å²) in [6.07, 6.45) is 1.80. The molecule has 4 rings (SSSR count). The van der Waals surface area contributed by atoms with Gasteiger partial charge in [-0.05, 0) is 24.0 Å². The van der Waals surface area contributed by atoms with Crippen LogP contribution in [-0.4, -0.2) is 50.1 Å². The fourth-order valence-corrected chi connectivity index (χ4v) is 3.42. The van der Waals surface area contributed by atoms with Crippen molar-refractivity contribution < 1.29 is 9.59 Å². The fraction of sp³-hybridized carbons (Fsp3) is 0.364. The lowest BCUT2D eigenvalue weighted by Gasteiger charge is -2.24. The first-order valence-corrected chi connectivity index (χ1v) is 9.77. The van der Waals surface area contributed by atoms with Crippen molar-refractivity contribution in [3.8, 4) is 0 Å². The summed E-state index contributed by atoms with van der Waals surface area (Å²) in [5.41, 5.74) is 2.53. The van der Waals surface area contributed by atoms with Crippen molar-refractivity contribution in [3.05, 3.63) is 71.8 Å². The van der Waals surface area contributed by atoms with Gasteiger partial charge in [0.15, 0.2) is 0 Å². The van der Waals surface area contributed by atoms with Gasteiger partial charge in [-0.2, -0.15) is 0 Å². The van der Waals surface area contributed by atoms with E-state index in [9.17, 15) is 9.59 Å². The zero-order chi connectivity index (χ0) is 19.6. The molecule has 2 aromatic carbocycles. The van der Waals surface area contributed by atoms with Crippen LogP contribution in [0.5, 0.6) is 0 Å². The van der Waals surface area contributed by atoms with Crippen LogP contribution < -0.4 is 21.3 Å². The summed E-state index contributed by atoms with van der Waals surface area (Å²) in [7, 11) is 0. The number of carbonyl (C=O) groups excluding carboxylic acids is 2. The molecule has 2 saturated heterocycles. The van der Waals surface area contributed by atoms with Crippen molar-refractivity contribution in [2.24, 2.45) is 0 Å². The standard InChI is InChI=1S/2C11H14N2O/c2*14-11-8-12-7-10(13-11)6-9-4-2-1-3-5-9/h2*1-5,10,12H,6-8H2,(H,13,14)/t2*10-/m10/s1. The Morgan fingerprint density at radius 1 is 0.643 bits per heavy atom. The molecule has 0 unspecified atom stereocenters. The molecule has 2 aliphatic heterocycles. The van der Waals surface area contributed by atoms with Crippen LogP contribution in [0.25, 0.3) is 0 Å². The highest BCUT2D eigenvalue weighted by atomic mass is 16.2. The Hall–Kier alpha value is -2.70. The number of hydrogen-bond donors (Lipinski definition) is 4. The molecule has 2 heterocycles. The normalized spacial score (nSPS) is 21.7. The molecule has 6 heteroatoms. The Kier molecular flexibility index (Phi) is 7.58. The van der Waals surface area contributed by atoms with Gasteiger partial charge < -0.3 is 21.3 Å². The summed E-state index contributed by atoms with van der Waals surface area (Å²) >= 11 is 0. The molecule has 28 heavy (non-hydrogen) atoms. The summed E-state index contributed by atoms with van der Waals surface area (Å²) < 4.78 is 0. The van der Waals surface area contributed by atoms with E-state index in [2.05, 4.69) is 45.5 Å². The highest BCUT2D eigenvalue weighted by molar-refractivity contribution is 5.79. The lowest BCUT2D eigenvalue weighted by atomic mass is 10.0. The molecule has 2 atom stereocenters. The number of piperazine rings is 2. The Labute approximate surface area is 166 Å². The third kappa shape index (κ3) is 6.79. The molecule has 0 aromatic heterocycles. The van der Waals surface area contributed by atoms with Crippen LogP contribution in [0.1, 0.15) is 11.1 Å². The van der Waals surface area contributed by atoms with Gasteiger partial charge in [0.1, 0.15) is 0 Å². The predicted molar refractivity (Wildman–Crippen MR) is 110 cm³/mol. The second kappa shape index (κ2) is 10.6. The van der Waals surface area contributed by atoms with Crippen molar-refractivity contribution in [1.82, 2.24) is 21.3 Å². The summed E-state index contributed by atoms with van der Waals surface area (Å²) in [6.45, 7) is 2.62.